The van der Waals surface area contributed by atoms with Crippen molar-refractivity contribution in [3.63, 3.8) is 0 Å². The van der Waals surface area contributed by atoms with E-state index in [1.54, 1.807) is 19.1 Å². The Morgan fingerprint density at radius 3 is 2.53 bits per heavy atom. The number of benzene rings is 1. The second-order valence-electron chi connectivity index (χ2n) is 4.65. The van der Waals surface area contributed by atoms with Gasteiger partial charge in [-0.05, 0) is 37.5 Å². The molecular weight excluding hydrogens is 221 g/mol. The molecule has 4 heteroatoms. The van der Waals surface area contributed by atoms with Crippen molar-refractivity contribution in [3.8, 4) is 0 Å². The van der Waals surface area contributed by atoms with Gasteiger partial charge in [-0.15, -0.1) is 0 Å². The van der Waals surface area contributed by atoms with Gasteiger partial charge in [-0.2, -0.15) is 0 Å². The SMILES string of the molecule is C[C@H](CO)NC(=O)C1(c2ccc(F)cc2)CC1. The van der Waals surface area contributed by atoms with Crippen LogP contribution in [0.2, 0.25) is 0 Å². The minimum atomic E-state index is -0.503. The van der Waals surface area contributed by atoms with E-state index in [9.17, 15) is 9.18 Å². The first-order valence-electron chi connectivity index (χ1n) is 5.76. The summed E-state index contributed by atoms with van der Waals surface area (Å²) in [5.74, 6) is -0.376. The fourth-order valence-electron chi connectivity index (χ4n) is 1.95. The third-order valence-corrected chi connectivity index (χ3v) is 3.23. The van der Waals surface area contributed by atoms with Crippen molar-refractivity contribution in [2.75, 3.05) is 6.61 Å². The van der Waals surface area contributed by atoms with Crippen LogP contribution in [0.1, 0.15) is 25.3 Å². The molecule has 0 aromatic heterocycles. The minimum absolute atomic E-state index is 0.0781. The molecule has 92 valence electrons. The summed E-state index contributed by atoms with van der Waals surface area (Å²) in [5.41, 5.74) is 0.346. The zero-order chi connectivity index (χ0) is 12.5. The first-order valence-corrected chi connectivity index (χ1v) is 5.76. The highest BCUT2D eigenvalue weighted by atomic mass is 19.1. The van der Waals surface area contributed by atoms with Crippen molar-refractivity contribution in [1.82, 2.24) is 5.32 Å². The lowest BCUT2D eigenvalue weighted by Gasteiger charge is -2.18. The minimum Gasteiger partial charge on any atom is -0.394 e. The number of halogens is 1. The second-order valence-corrected chi connectivity index (χ2v) is 4.65. The molecule has 1 atom stereocenters. The molecule has 1 aromatic carbocycles. The number of carbonyl (C=O) groups is 1. The van der Waals surface area contributed by atoms with Crippen LogP contribution in [-0.2, 0) is 10.2 Å². The molecule has 1 saturated carbocycles. The number of hydrogen-bond acceptors (Lipinski definition) is 2. The molecule has 0 bridgehead atoms. The highest BCUT2D eigenvalue weighted by Crippen LogP contribution is 2.48. The van der Waals surface area contributed by atoms with Crippen LogP contribution in [0.4, 0.5) is 4.39 Å². The Bertz CT molecular complexity index is 412. The number of nitrogens with one attached hydrogen (secondary N) is 1. The summed E-state index contributed by atoms with van der Waals surface area (Å²) in [7, 11) is 0. The molecule has 1 aliphatic carbocycles. The Hall–Kier alpha value is -1.42. The van der Waals surface area contributed by atoms with Gasteiger partial charge in [0.25, 0.3) is 0 Å². The highest BCUT2D eigenvalue weighted by Gasteiger charge is 2.51. The van der Waals surface area contributed by atoms with Crippen molar-refractivity contribution < 1.29 is 14.3 Å². The van der Waals surface area contributed by atoms with E-state index >= 15 is 0 Å². The lowest BCUT2D eigenvalue weighted by Crippen LogP contribution is -2.41. The molecule has 0 unspecified atom stereocenters. The first kappa shape index (κ1) is 12.0. The van der Waals surface area contributed by atoms with Crippen molar-refractivity contribution >= 4 is 5.91 Å². The molecule has 3 nitrogen and oxygen atoms in total. The predicted molar refractivity (Wildman–Crippen MR) is 62.0 cm³/mol. The average Bonchev–Trinajstić information content (AvgIpc) is 3.11. The van der Waals surface area contributed by atoms with E-state index < -0.39 is 5.41 Å². The maximum atomic E-state index is 12.8. The maximum Gasteiger partial charge on any atom is 0.230 e. The molecule has 1 aliphatic rings. The quantitative estimate of drug-likeness (QED) is 0.830. The lowest BCUT2D eigenvalue weighted by atomic mass is 9.94. The summed E-state index contributed by atoms with van der Waals surface area (Å²) in [6.45, 7) is 1.67. The Kier molecular flexibility index (Phi) is 3.15. The number of carbonyl (C=O) groups excluding carboxylic acids is 1. The van der Waals surface area contributed by atoms with Crippen molar-refractivity contribution in [2.24, 2.45) is 0 Å². The van der Waals surface area contributed by atoms with Gasteiger partial charge in [-0.1, -0.05) is 12.1 Å². The lowest BCUT2D eigenvalue weighted by molar-refractivity contribution is -0.124. The monoisotopic (exact) mass is 237 g/mol. The van der Waals surface area contributed by atoms with E-state index in [-0.39, 0.29) is 24.4 Å². The standard InChI is InChI=1S/C13H16FNO2/c1-9(8-16)15-12(17)13(6-7-13)10-2-4-11(14)5-3-10/h2-5,9,16H,6-8H2,1H3,(H,15,17)/t9-/m1/s1. The van der Waals surface area contributed by atoms with Gasteiger partial charge >= 0.3 is 0 Å². The number of rotatable bonds is 4. The summed E-state index contributed by atoms with van der Waals surface area (Å²) < 4.78 is 12.8. The van der Waals surface area contributed by atoms with Gasteiger partial charge in [0.2, 0.25) is 5.91 Å². The number of amides is 1. The van der Waals surface area contributed by atoms with Crippen molar-refractivity contribution in [3.05, 3.63) is 35.6 Å². The van der Waals surface area contributed by atoms with Crippen LogP contribution in [0.25, 0.3) is 0 Å². The number of hydrogen-bond donors (Lipinski definition) is 2. The summed E-state index contributed by atoms with van der Waals surface area (Å²) in [6.07, 6.45) is 1.56. The molecule has 1 aromatic rings. The van der Waals surface area contributed by atoms with Crippen molar-refractivity contribution in [1.29, 1.82) is 0 Å². The second kappa shape index (κ2) is 4.45. The molecular formula is C13H16FNO2. The smallest absolute Gasteiger partial charge is 0.230 e. The van der Waals surface area contributed by atoms with Crippen LogP contribution in [0.15, 0.2) is 24.3 Å². The number of aliphatic hydroxyl groups is 1. The van der Waals surface area contributed by atoms with Crippen LogP contribution in [0.5, 0.6) is 0 Å². The maximum absolute atomic E-state index is 12.8. The summed E-state index contributed by atoms with van der Waals surface area (Å²) >= 11 is 0. The molecule has 17 heavy (non-hydrogen) atoms. The van der Waals surface area contributed by atoms with Crippen LogP contribution in [0, 0.1) is 5.82 Å². The third-order valence-electron chi connectivity index (χ3n) is 3.23. The highest BCUT2D eigenvalue weighted by molar-refractivity contribution is 5.91. The van der Waals surface area contributed by atoms with E-state index in [4.69, 9.17) is 5.11 Å². The predicted octanol–water partition coefficient (Wildman–Crippen LogP) is 1.35. The molecule has 0 saturated heterocycles. The molecule has 1 amide bonds. The van der Waals surface area contributed by atoms with Gasteiger partial charge in [-0.3, -0.25) is 4.79 Å². The Morgan fingerprint density at radius 2 is 2.06 bits per heavy atom. The van der Waals surface area contributed by atoms with Gasteiger partial charge in [0.1, 0.15) is 5.82 Å². The van der Waals surface area contributed by atoms with E-state index in [1.165, 1.54) is 12.1 Å². The van der Waals surface area contributed by atoms with E-state index in [0.717, 1.165) is 18.4 Å². The third kappa shape index (κ3) is 2.31. The Balaban J connectivity index is 2.14. The van der Waals surface area contributed by atoms with E-state index in [2.05, 4.69) is 5.32 Å². The largest absolute Gasteiger partial charge is 0.394 e. The normalized spacial score (nSPS) is 18.5. The molecule has 2 rings (SSSR count). The van der Waals surface area contributed by atoms with Gasteiger partial charge in [0.15, 0.2) is 0 Å². The molecule has 2 N–H and O–H groups in total. The zero-order valence-electron chi connectivity index (χ0n) is 9.74. The van der Waals surface area contributed by atoms with Gasteiger partial charge in [-0.25, -0.2) is 4.39 Å². The van der Waals surface area contributed by atoms with E-state index in [1.807, 2.05) is 0 Å². The number of aliphatic hydroxyl groups excluding tert-OH is 1. The molecule has 0 spiro atoms. The van der Waals surface area contributed by atoms with E-state index in [0.29, 0.717) is 0 Å². The summed E-state index contributed by atoms with van der Waals surface area (Å²) in [5, 5.41) is 11.7. The Morgan fingerprint density at radius 1 is 1.47 bits per heavy atom. The average molecular weight is 237 g/mol. The topological polar surface area (TPSA) is 49.3 Å². The first-order chi connectivity index (χ1) is 8.08. The molecule has 0 heterocycles. The van der Waals surface area contributed by atoms with Crippen molar-refractivity contribution in [2.45, 2.75) is 31.2 Å². The summed E-state index contributed by atoms with van der Waals surface area (Å²) in [6, 6.07) is 5.81. The fraction of sp³-hybridized carbons (Fsp3) is 0.462. The Labute approximate surface area is 99.7 Å². The van der Waals surface area contributed by atoms with Crippen LogP contribution in [0.3, 0.4) is 0 Å². The molecule has 0 aliphatic heterocycles. The van der Waals surface area contributed by atoms with Crippen LogP contribution in [-0.4, -0.2) is 23.7 Å². The van der Waals surface area contributed by atoms with Crippen LogP contribution < -0.4 is 5.32 Å². The zero-order valence-corrected chi connectivity index (χ0v) is 9.74. The van der Waals surface area contributed by atoms with Gasteiger partial charge < -0.3 is 10.4 Å². The molecule has 1 fully saturated rings. The van der Waals surface area contributed by atoms with Crippen LogP contribution >= 0.6 is 0 Å². The fourth-order valence-corrected chi connectivity index (χ4v) is 1.95. The molecule has 0 radical (unpaired) electrons. The van der Waals surface area contributed by atoms with Gasteiger partial charge in [0, 0.05) is 6.04 Å². The van der Waals surface area contributed by atoms with Gasteiger partial charge in [0.05, 0.1) is 12.0 Å². The summed E-state index contributed by atoms with van der Waals surface area (Å²) in [4.78, 5) is 12.1.